The van der Waals surface area contributed by atoms with Gasteiger partial charge in [0.15, 0.2) is 0 Å². The van der Waals surface area contributed by atoms with Crippen molar-refractivity contribution in [3.63, 3.8) is 0 Å². The number of aromatic carboxylic acids is 1. The number of carboxylic acids is 1. The van der Waals surface area contributed by atoms with E-state index in [2.05, 4.69) is 4.98 Å². The first-order valence-corrected chi connectivity index (χ1v) is 4.90. The maximum Gasteiger partial charge on any atom is 0.337 e. The normalized spacial score (nSPS) is 19.6. The molecule has 0 spiro atoms. The van der Waals surface area contributed by atoms with Crippen LogP contribution >= 0.6 is 0 Å². The molecule has 1 saturated heterocycles. The molecule has 0 aromatic carbocycles. The second kappa shape index (κ2) is 4.36. The molecule has 16 heavy (non-hydrogen) atoms. The first kappa shape index (κ1) is 10.7. The van der Waals surface area contributed by atoms with Crippen molar-refractivity contribution >= 4 is 11.7 Å². The molecule has 2 heterocycles. The number of ether oxygens (including phenoxy) is 2. The van der Waals surface area contributed by atoms with Crippen molar-refractivity contribution in [2.24, 2.45) is 0 Å². The molecular weight excluding hydrogens is 212 g/mol. The van der Waals surface area contributed by atoms with Gasteiger partial charge in [0.1, 0.15) is 6.10 Å². The molecule has 1 unspecified atom stereocenters. The molecule has 1 atom stereocenters. The van der Waals surface area contributed by atoms with Gasteiger partial charge in [-0.3, -0.25) is 0 Å². The van der Waals surface area contributed by atoms with Crippen molar-refractivity contribution in [1.29, 1.82) is 0 Å². The molecule has 2 rings (SSSR count). The van der Waals surface area contributed by atoms with Crippen LogP contribution in [0.15, 0.2) is 12.3 Å². The van der Waals surface area contributed by atoms with E-state index in [1.54, 1.807) is 0 Å². The highest BCUT2D eigenvalue weighted by Crippen LogP contribution is 2.22. The Morgan fingerprint density at radius 1 is 1.69 bits per heavy atom. The molecule has 1 fully saturated rings. The summed E-state index contributed by atoms with van der Waals surface area (Å²) in [6, 6.07) is 1.33. The Morgan fingerprint density at radius 3 is 3.06 bits per heavy atom. The van der Waals surface area contributed by atoms with Crippen LogP contribution in [0.1, 0.15) is 16.8 Å². The van der Waals surface area contributed by atoms with Crippen molar-refractivity contribution in [2.45, 2.75) is 12.5 Å². The molecular formula is C10H12N2O4. The third-order valence-corrected chi connectivity index (χ3v) is 2.29. The average molecular weight is 224 g/mol. The van der Waals surface area contributed by atoms with Crippen LogP contribution in [0, 0.1) is 0 Å². The van der Waals surface area contributed by atoms with E-state index in [9.17, 15) is 4.79 Å². The number of carbonyl (C=O) groups is 1. The van der Waals surface area contributed by atoms with E-state index < -0.39 is 5.97 Å². The summed E-state index contributed by atoms with van der Waals surface area (Å²) in [7, 11) is 0. The zero-order chi connectivity index (χ0) is 11.5. The predicted molar refractivity (Wildman–Crippen MR) is 55.5 cm³/mol. The number of carboxylic acid groups (broad SMARTS) is 1. The minimum Gasteiger partial charge on any atom is -0.478 e. The molecule has 1 aliphatic heterocycles. The summed E-state index contributed by atoms with van der Waals surface area (Å²) in [5.41, 5.74) is 5.92. The highest BCUT2D eigenvalue weighted by molar-refractivity contribution is 5.88. The van der Waals surface area contributed by atoms with Gasteiger partial charge in [-0.05, 0) is 6.07 Å². The van der Waals surface area contributed by atoms with Gasteiger partial charge >= 0.3 is 5.97 Å². The summed E-state index contributed by atoms with van der Waals surface area (Å²) in [6.07, 6.45) is 1.97. The van der Waals surface area contributed by atoms with Gasteiger partial charge in [0.25, 0.3) is 0 Å². The number of rotatable bonds is 3. The van der Waals surface area contributed by atoms with Crippen LogP contribution in [0.5, 0.6) is 5.88 Å². The highest BCUT2D eigenvalue weighted by Gasteiger charge is 2.19. The van der Waals surface area contributed by atoms with Gasteiger partial charge in [-0.25, -0.2) is 9.78 Å². The topological polar surface area (TPSA) is 94.7 Å². The van der Waals surface area contributed by atoms with Gasteiger partial charge < -0.3 is 20.3 Å². The minimum absolute atomic E-state index is 0.0486. The van der Waals surface area contributed by atoms with Crippen LogP contribution in [0.3, 0.4) is 0 Å². The van der Waals surface area contributed by atoms with Crippen LogP contribution in [0.4, 0.5) is 5.69 Å². The summed E-state index contributed by atoms with van der Waals surface area (Å²) >= 11 is 0. The van der Waals surface area contributed by atoms with Crippen LogP contribution < -0.4 is 10.5 Å². The Hall–Kier alpha value is -1.82. The summed E-state index contributed by atoms with van der Waals surface area (Å²) in [5, 5.41) is 8.73. The number of anilines is 1. The number of pyridine rings is 1. The summed E-state index contributed by atoms with van der Waals surface area (Å²) < 4.78 is 10.6. The fraction of sp³-hybridized carbons (Fsp3) is 0.400. The van der Waals surface area contributed by atoms with Crippen molar-refractivity contribution in [3.05, 3.63) is 17.8 Å². The fourth-order valence-electron chi connectivity index (χ4n) is 1.45. The molecule has 0 aliphatic carbocycles. The lowest BCUT2D eigenvalue weighted by atomic mass is 10.2. The van der Waals surface area contributed by atoms with E-state index >= 15 is 0 Å². The largest absolute Gasteiger partial charge is 0.478 e. The van der Waals surface area contributed by atoms with Crippen molar-refractivity contribution < 1.29 is 19.4 Å². The second-order valence-electron chi connectivity index (χ2n) is 3.53. The molecule has 0 bridgehead atoms. The summed E-state index contributed by atoms with van der Waals surface area (Å²) in [6.45, 7) is 1.18. The van der Waals surface area contributed by atoms with Gasteiger partial charge in [0, 0.05) is 12.6 Å². The molecule has 1 aliphatic rings. The fourth-order valence-corrected chi connectivity index (χ4v) is 1.45. The summed E-state index contributed by atoms with van der Waals surface area (Å²) in [5.74, 6) is -0.796. The van der Waals surface area contributed by atoms with Crippen molar-refractivity contribution in [3.8, 4) is 5.88 Å². The maximum absolute atomic E-state index is 10.7. The molecule has 6 nitrogen and oxygen atoms in total. The van der Waals surface area contributed by atoms with Gasteiger partial charge in [-0.1, -0.05) is 0 Å². The molecule has 86 valence electrons. The minimum atomic E-state index is -1.06. The lowest BCUT2D eigenvalue weighted by Crippen LogP contribution is -2.17. The predicted octanol–water partition coefficient (Wildman–Crippen LogP) is 0.530. The van der Waals surface area contributed by atoms with Crippen LogP contribution in [0.25, 0.3) is 0 Å². The van der Waals surface area contributed by atoms with E-state index in [0.717, 1.165) is 6.42 Å². The number of hydrogen-bond acceptors (Lipinski definition) is 5. The van der Waals surface area contributed by atoms with Gasteiger partial charge in [0.05, 0.1) is 24.5 Å². The first-order chi connectivity index (χ1) is 7.66. The first-order valence-electron chi connectivity index (χ1n) is 4.90. The van der Waals surface area contributed by atoms with Crippen molar-refractivity contribution in [2.75, 3.05) is 18.9 Å². The Labute approximate surface area is 92.0 Å². The zero-order valence-corrected chi connectivity index (χ0v) is 8.55. The SMILES string of the molecule is Nc1cc(C(=O)O)cnc1OC1CCOC1. The molecule has 3 N–H and O–H groups in total. The van der Waals surface area contributed by atoms with Crippen LogP contribution in [-0.4, -0.2) is 35.4 Å². The van der Waals surface area contributed by atoms with E-state index in [1.807, 2.05) is 0 Å². The molecule has 0 saturated carbocycles. The van der Waals surface area contributed by atoms with Gasteiger partial charge in [-0.2, -0.15) is 0 Å². The van der Waals surface area contributed by atoms with Crippen LogP contribution in [0.2, 0.25) is 0 Å². The number of nitrogens with two attached hydrogens (primary N) is 1. The lowest BCUT2D eigenvalue weighted by molar-refractivity contribution is 0.0696. The van der Waals surface area contributed by atoms with E-state index in [4.69, 9.17) is 20.3 Å². The average Bonchev–Trinajstić information content (AvgIpc) is 2.73. The quantitative estimate of drug-likeness (QED) is 0.777. The monoisotopic (exact) mass is 224 g/mol. The summed E-state index contributed by atoms with van der Waals surface area (Å²) in [4.78, 5) is 14.5. The number of hydrogen-bond donors (Lipinski definition) is 2. The Kier molecular flexibility index (Phi) is 2.91. The number of nitrogen functional groups attached to an aromatic ring is 1. The van der Waals surface area contributed by atoms with E-state index in [0.29, 0.717) is 13.2 Å². The number of nitrogens with zero attached hydrogens (tertiary/aromatic N) is 1. The third kappa shape index (κ3) is 2.22. The maximum atomic E-state index is 10.7. The lowest BCUT2D eigenvalue weighted by Gasteiger charge is -2.12. The van der Waals surface area contributed by atoms with Gasteiger partial charge in [-0.15, -0.1) is 0 Å². The van der Waals surface area contributed by atoms with Gasteiger partial charge in [0.2, 0.25) is 5.88 Å². The highest BCUT2D eigenvalue weighted by atomic mass is 16.5. The Bertz CT molecular complexity index is 402. The molecule has 0 radical (unpaired) electrons. The molecule has 0 amide bonds. The van der Waals surface area contributed by atoms with E-state index in [-0.39, 0.29) is 23.2 Å². The third-order valence-electron chi connectivity index (χ3n) is 2.29. The zero-order valence-electron chi connectivity index (χ0n) is 8.55. The number of aromatic nitrogens is 1. The molecule has 1 aromatic rings. The molecule has 1 aromatic heterocycles. The molecule has 6 heteroatoms. The Balaban J connectivity index is 2.12. The Morgan fingerprint density at radius 2 is 2.50 bits per heavy atom. The van der Waals surface area contributed by atoms with E-state index in [1.165, 1.54) is 12.3 Å². The standard InChI is InChI=1S/C10H12N2O4/c11-8-3-6(10(13)14)4-12-9(8)16-7-1-2-15-5-7/h3-4,7H,1-2,5,11H2,(H,13,14). The van der Waals surface area contributed by atoms with Crippen molar-refractivity contribution in [1.82, 2.24) is 4.98 Å². The second-order valence-corrected chi connectivity index (χ2v) is 3.53. The smallest absolute Gasteiger partial charge is 0.337 e. The van der Waals surface area contributed by atoms with Crippen LogP contribution in [-0.2, 0) is 4.74 Å².